The van der Waals surface area contributed by atoms with Crippen LogP contribution in [0.3, 0.4) is 0 Å². The van der Waals surface area contributed by atoms with Gasteiger partial charge in [0.15, 0.2) is 0 Å². The van der Waals surface area contributed by atoms with Crippen LogP contribution in [0.2, 0.25) is 0 Å². The van der Waals surface area contributed by atoms with Crippen LogP contribution in [0.25, 0.3) is 0 Å². The molecule has 0 spiro atoms. The summed E-state index contributed by atoms with van der Waals surface area (Å²) >= 11 is 0. The van der Waals surface area contributed by atoms with E-state index in [2.05, 4.69) is 20.6 Å². The summed E-state index contributed by atoms with van der Waals surface area (Å²) < 4.78 is 50.4. The number of hydrogen-bond acceptors (Lipinski definition) is 7. The number of nitrogens with zero attached hydrogens (tertiary/aromatic N) is 2. The van der Waals surface area contributed by atoms with Crippen LogP contribution in [0.1, 0.15) is 43.0 Å². The number of rotatable bonds is 10. The molecule has 208 valence electrons. The zero-order chi connectivity index (χ0) is 28.6. The maximum Gasteiger partial charge on any atom is 0.416 e. The summed E-state index contributed by atoms with van der Waals surface area (Å²) in [6.07, 6.45) is -3.65. The summed E-state index contributed by atoms with van der Waals surface area (Å²) in [7, 11) is 0. The van der Waals surface area contributed by atoms with Crippen LogP contribution in [0, 0.1) is 6.92 Å². The van der Waals surface area contributed by atoms with E-state index in [-0.39, 0.29) is 30.1 Å². The number of anilines is 1. The van der Waals surface area contributed by atoms with Crippen LogP contribution in [-0.2, 0) is 28.5 Å². The fourth-order valence-electron chi connectivity index (χ4n) is 3.56. The van der Waals surface area contributed by atoms with Gasteiger partial charge in [-0.15, -0.1) is 0 Å². The van der Waals surface area contributed by atoms with Gasteiger partial charge in [-0.05, 0) is 62.6 Å². The number of amides is 1. The van der Waals surface area contributed by atoms with E-state index in [0.29, 0.717) is 35.8 Å². The smallest absolute Gasteiger partial charge is 0.416 e. The van der Waals surface area contributed by atoms with Gasteiger partial charge in [-0.3, -0.25) is 4.79 Å². The van der Waals surface area contributed by atoms with Crippen LogP contribution < -0.4 is 15.4 Å². The van der Waals surface area contributed by atoms with Gasteiger partial charge in [-0.2, -0.15) is 13.2 Å². The molecule has 2 N–H and O–H groups in total. The number of hydrogen-bond donors (Lipinski definition) is 2. The molecule has 0 atom stereocenters. The topological polar surface area (TPSA) is 102 Å². The van der Waals surface area contributed by atoms with Crippen molar-refractivity contribution in [2.45, 2.75) is 52.3 Å². The monoisotopic (exact) mass is 544 g/mol. The summed E-state index contributed by atoms with van der Waals surface area (Å²) in [5, 5.41) is 5.69. The molecule has 1 aromatic heterocycles. The van der Waals surface area contributed by atoms with Gasteiger partial charge in [-0.25, -0.2) is 14.8 Å². The number of Topliss-reactive ketones (excluding diaryl/α,β-unsaturated/α-hetero) is 1. The SMILES string of the molecule is Cc1ccc(CC(=O)Cc2ccc(Oc3cc(NCCNC(=O)OC(C)(C)C)ncn3)cc2)cc1C(F)(F)F. The highest BCUT2D eigenvalue weighted by molar-refractivity contribution is 5.83. The molecule has 3 aromatic rings. The number of aromatic nitrogens is 2. The third kappa shape index (κ3) is 9.91. The number of ketones is 1. The number of alkyl carbamates (subject to hydrolysis) is 1. The molecule has 0 aliphatic heterocycles. The van der Waals surface area contributed by atoms with Gasteiger partial charge in [0, 0.05) is 32.0 Å². The minimum absolute atomic E-state index is 0.0778. The molecule has 8 nitrogen and oxygen atoms in total. The highest BCUT2D eigenvalue weighted by Crippen LogP contribution is 2.32. The Kier molecular flexibility index (Phi) is 9.50. The van der Waals surface area contributed by atoms with E-state index < -0.39 is 23.4 Å². The molecule has 0 saturated heterocycles. The molecule has 0 fully saturated rings. The molecule has 1 heterocycles. The Balaban J connectivity index is 1.49. The zero-order valence-corrected chi connectivity index (χ0v) is 22.2. The number of nitrogens with one attached hydrogen (secondary N) is 2. The van der Waals surface area contributed by atoms with Gasteiger partial charge in [0.2, 0.25) is 5.88 Å². The molecular weight excluding hydrogens is 513 g/mol. The molecule has 0 saturated carbocycles. The van der Waals surface area contributed by atoms with Crippen molar-refractivity contribution < 1.29 is 32.2 Å². The van der Waals surface area contributed by atoms with Gasteiger partial charge in [0.1, 0.15) is 29.3 Å². The number of alkyl halides is 3. The standard InChI is InChI=1S/C28H31F3N4O4/c1-18-5-6-20(15-23(18)28(29,30)31)14-21(36)13-19-7-9-22(10-8-19)38-25-16-24(34-17-35-25)32-11-12-33-26(37)39-27(2,3)4/h5-10,15-17H,11-14H2,1-4H3,(H,33,37)(H,32,34,35). The van der Waals surface area contributed by atoms with Crippen molar-refractivity contribution in [2.24, 2.45) is 0 Å². The van der Waals surface area contributed by atoms with Crippen LogP contribution in [0.4, 0.5) is 23.8 Å². The zero-order valence-electron chi connectivity index (χ0n) is 22.2. The van der Waals surface area contributed by atoms with Gasteiger partial charge in [-0.1, -0.05) is 24.3 Å². The summed E-state index contributed by atoms with van der Waals surface area (Å²) in [6.45, 7) is 7.47. The van der Waals surface area contributed by atoms with Crippen LogP contribution in [0.5, 0.6) is 11.6 Å². The summed E-state index contributed by atoms with van der Waals surface area (Å²) in [5.41, 5.74) is -0.147. The van der Waals surface area contributed by atoms with E-state index in [1.807, 2.05) is 0 Å². The predicted octanol–water partition coefficient (Wildman–Crippen LogP) is 5.89. The molecule has 2 aromatic carbocycles. The predicted molar refractivity (Wildman–Crippen MR) is 140 cm³/mol. The number of aryl methyl sites for hydroxylation is 1. The van der Waals surface area contributed by atoms with E-state index in [0.717, 1.165) is 6.07 Å². The van der Waals surface area contributed by atoms with Crippen molar-refractivity contribution in [2.75, 3.05) is 18.4 Å². The number of benzene rings is 2. The van der Waals surface area contributed by atoms with Crippen molar-refractivity contribution in [3.8, 4) is 11.6 Å². The largest absolute Gasteiger partial charge is 0.444 e. The van der Waals surface area contributed by atoms with Crippen molar-refractivity contribution in [3.63, 3.8) is 0 Å². The maximum atomic E-state index is 13.1. The Morgan fingerprint density at radius 2 is 1.56 bits per heavy atom. The minimum atomic E-state index is -4.46. The Morgan fingerprint density at radius 1 is 0.897 bits per heavy atom. The normalized spacial score (nSPS) is 11.6. The fourth-order valence-corrected chi connectivity index (χ4v) is 3.56. The van der Waals surface area contributed by atoms with E-state index in [4.69, 9.17) is 9.47 Å². The van der Waals surface area contributed by atoms with Crippen molar-refractivity contribution in [1.82, 2.24) is 15.3 Å². The first-order valence-corrected chi connectivity index (χ1v) is 12.3. The summed E-state index contributed by atoms with van der Waals surface area (Å²) in [5.74, 6) is 1.07. The molecule has 11 heteroatoms. The van der Waals surface area contributed by atoms with Gasteiger partial charge >= 0.3 is 12.3 Å². The third-order valence-corrected chi connectivity index (χ3v) is 5.30. The number of carbonyl (C=O) groups excluding carboxylic acids is 2. The van der Waals surface area contributed by atoms with Crippen molar-refractivity contribution >= 4 is 17.7 Å². The van der Waals surface area contributed by atoms with Crippen LogP contribution in [0.15, 0.2) is 54.9 Å². The number of carbonyl (C=O) groups is 2. The molecule has 39 heavy (non-hydrogen) atoms. The second kappa shape index (κ2) is 12.6. The van der Waals surface area contributed by atoms with E-state index in [9.17, 15) is 22.8 Å². The second-order valence-corrected chi connectivity index (χ2v) is 9.88. The average molecular weight is 545 g/mol. The molecule has 3 rings (SSSR count). The van der Waals surface area contributed by atoms with Crippen molar-refractivity contribution in [3.05, 3.63) is 77.1 Å². The lowest BCUT2D eigenvalue weighted by atomic mass is 9.99. The lowest BCUT2D eigenvalue weighted by Crippen LogP contribution is -2.35. The van der Waals surface area contributed by atoms with Crippen molar-refractivity contribution in [1.29, 1.82) is 0 Å². The van der Waals surface area contributed by atoms with Crippen LogP contribution >= 0.6 is 0 Å². The lowest BCUT2D eigenvalue weighted by Gasteiger charge is -2.19. The van der Waals surface area contributed by atoms with E-state index in [1.165, 1.54) is 19.3 Å². The van der Waals surface area contributed by atoms with E-state index >= 15 is 0 Å². The molecular formula is C28H31F3N4O4. The van der Waals surface area contributed by atoms with Crippen LogP contribution in [-0.4, -0.2) is 40.5 Å². The highest BCUT2D eigenvalue weighted by atomic mass is 19.4. The molecule has 0 radical (unpaired) electrons. The van der Waals surface area contributed by atoms with E-state index in [1.54, 1.807) is 57.2 Å². The Morgan fingerprint density at radius 3 is 2.23 bits per heavy atom. The molecule has 1 amide bonds. The first-order valence-electron chi connectivity index (χ1n) is 12.3. The third-order valence-electron chi connectivity index (χ3n) is 5.30. The number of ether oxygens (including phenoxy) is 2. The van der Waals surface area contributed by atoms with Gasteiger partial charge in [0.05, 0.1) is 5.56 Å². The fraction of sp³-hybridized carbons (Fsp3) is 0.357. The summed E-state index contributed by atoms with van der Waals surface area (Å²) in [6, 6.07) is 12.3. The molecule has 0 unspecified atom stereocenters. The molecule has 0 bridgehead atoms. The lowest BCUT2D eigenvalue weighted by molar-refractivity contribution is -0.138. The first-order chi connectivity index (χ1) is 18.3. The maximum absolute atomic E-state index is 13.1. The quantitative estimate of drug-likeness (QED) is 0.307. The van der Waals surface area contributed by atoms with Gasteiger partial charge in [0.25, 0.3) is 0 Å². The second-order valence-electron chi connectivity index (χ2n) is 9.88. The Bertz CT molecular complexity index is 1290. The number of halogens is 3. The Hall–Kier alpha value is -4.15. The summed E-state index contributed by atoms with van der Waals surface area (Å²) in [4.78, 5) is 32.4. The molecule has 0 aliphatic rings. The van der Waals surface area contributed by atoms with Gasteiger partial charge < -0.3 is 20.1 Å². The first kappa shape index (κ1) is 29.4. The Labute approximate surface area is 225 Å². The average Bonchev–Trinajstić information content (AvgIpc) is 2.83. The minimum Gasteiger partial charge on any atom is -0.444 e. The highest BCUT2D eigenvalue weighted by Gasteiger charge is 2.32. The molecule has 0 aliphatic carbocycles.